The van der Waals surface area contributed by atoms with E-state index >= 15 is 9.59 Å². The van der Waals surface area contributed by atoms with E-state index < -0.39 is 22.5 Å². The van der Waals surface area contributed by atoms with Gasteiger partial charge in [-0.05, 0) is 97.5 Å². The van der Waals surface area contributed by atoms with Crippen LogP contribution in [-0.2, 0) is 26.4 Å². The van der Waals surface area contributed by atoms with Crippen LogP contribution in [0.15, 0.2) is 136 Å². The van der Waals surface area contributed by atoms with Crippen LogP contribution in [0.2, 0.25) is 10.0 Å². The summed E-state index contributed by atoms with van der Waals surface area (Å²) in [6, 6.07) is 40.7. The lowest BCUT2D eigenvalue weighted by Gasteiger charge is -2.55. The maximum Gasteiger partial charge on any atom is 0.253 e. The number of likely N-dealkylation sites (N-methyl/N-ethyl adjacent to an activating group) is 2. The zero-order chi connectivity index (χ0) is 39.7. The quantitative estimate of drug-likeness (QED) is 0.152. The highest BCUT2D eigenvalue weighted by Crippen LogP contribution is 2.70. The van der Waals surface area contributed by atoms with Crippen molar-refractivity contribution in [3.05, 3.63) is 159 Å². The number of nitrogens with zero attached hydrogens (tertiary/aromatic N) is 3. The van der Waals surface area contributed by atoms with Crippen LogP contribution >= 0.6 is 46.7 Å². The number of likely N-dealkylation sites (tertiary alicyclic amines) is 1. The second-order valence-corrected chi connectivity index (χ2v) is 18.4. The van der Waals surface area contributed by atoms with Gasteiger partial charge in [0, 0.05) is 52.5 Å². The summed E-state index contributed by atoms with van der Waals surface area (Å²) in [5.74, 6) is -1.34. The number of halogens is 2. The summed E-state index contributed by atoms with van der Waals surface area (Å²) in [6.07, 6.45) is 5.65. The smallest absolute Gasteiger partial charge is 0.253 e. The van der Waals surface area contributed by atoms with E-state index in [0.717, 1.165) is 37.7 Å². The number of Topliss-reactive ketones (excluding diaryl/α,β-unsaturated/α-hetero) is 1. The number of oxime groups is 1. The molecule has 1 aliphatic carbocycles. The first-order chi connectivity index (χ1) is 27.6. The van der Waals surface area contributed by atoms with Gasteiger partial charge in [0.15, 0.2) is 5.78 Å². The number of hydrogen-bond acceptors (Lipinski definition) is 7. The Hall–Kier alpha value is -4.05. The topological polar surface area (TPSA) is 62.2 Å². The van der Waals surface area contributed by atoms with Gasteiger partial charge in [-0.15, -0.1) is 23.5 Å². The summed E-state index contributed by atoms with van der Waals surface area (Å²) >= 11 is 17.3. The summed E-state index contributed by atoms with van der Waals surface area (Å²) < 4.78 is 0. The summed E-state index contributed by atoms with van der Waals surface area (Å²) in [4.78, 5) is 45.7. The minimum absolute atomic E-state index is 0.0865. The molecule has 2 fully saturated rings. The van der Waals surface area contributed by atoms with Crippen molar-refractivity contribution in [2.24, 2.45) is 16.5 Å². The molecular weight excluding hydrogens is 790 g/mol. The molecule has 9 rings (SSSR count). The molecule has 0 aromatic heterocycles. The van der Waals surface area contributed by atoms with Gasteiger partial charge >= 0.3 is 0 Å². The fourth-order valence-corrected chi connectivity index (χ4v) is 12.3. The predicted molar refractivity (Wildman–Crippen MR) is 233 cm³/mol. The fourth-order valence-electron chi connectivity index (χ4n) is 10.9. The van der Waals surface area contributed by atoms with Gasteiger partial charge in [-0.25, -0.2) is 0 Å². The number of para-hydroxylation sites is 1. The SMILES string of the molecule is CSc1ccc(C2C(c3c(Cl)cccc3Cl)=NOC23CC(Cc2ccccc2)CC2(C3=O)C(c3ccc(SC)cc3)CN(C)C23C(=O)N(C)c2ccccc23)cc1. The Bertz CT molecular complexity index is 2390. The zero-order valence-corrected chi connectivity index (χ0v) is 35.4. The molecule has 6 unspecified atom stereocenters. The lowest BCUT2D eigenvalue weighted by molar-refractivity contribution is -0.177. The van der Waals surface area contributed by atoms with Crippen LogP contribution in [0.5, 0.6) is 0 Å². The van der Waals surface area contributed by atoms with Crippen molar-refractivity contribution in [3.8, 4) is 0 Å². The van der Waals surface area contributed by atoms with Crippen LogP contribution in [-0.4, -0.2) is 61.1 Å². The number of rotatable bonds is 7. The van der Waals surface area contributed by atoms with Crippen molar-refractivity contribution in [3.63, 3.8) is 0 Å². The first-order valence-corrected chi connectivity index (χ1v) is 22.5. The Morgan fingerprint density at radius 3 is 2.02 bits per heavy atom. The molecule has 0 N–H and O–H groups in total. The number of fused-ring (bicyclic) bond motifs is 3. The van der Waals surface area contributed by atoms with Crippen molar-refractivity contribution in [2.45, 2.75) is 52.0 Å². The number of carbonyl (C=O) groups is 2. The van der Waals surface area contributed by atoms with Gasteiger partial charge in [0.1, 0.15) is 11.3 Å². The molecule has 1 saturated heterocycles. The van der Waals surface area contributed by atoms with Crippen molar-refractivity contribution in [1.82, 2.24) is 4.90 Å². The molecule has 3 heterocycles. The largest absolute Gasteiger partial charge is 0.380 e. The lowest BCUT2D eigenvalue weighted by Crippen LogP contribution is -2.68. The van der Waals surface area contributed by atoms with Crippen molar-refractivity contribution >= 4 is 69.8 Å². The molecular formula is C47H43Cl2N3O3S2. The first kappa shape index (κ1) is 38.5. The molecule has 3 aliphatic heterocycles. The van der Waals surface area contributed by atoms with E-state index in [-0.39, 0.29) is 23.5 Å². The molecule has 6 nitrogen and oxygen atoms in total. The Balaban J connectivity index is 1.35. The number of thioether (sulfide) groups is 2. The number of ketones is 1. The van der Waals surface area contributed by atoms with Gasteiger partial charge in [0.2, 0.25) is 5.60 Å². The van der Waals surface area contributed by atoms with E-state index in [9.17, 15) is 0 Å². The molecule has 3 spiro atoms. The minimum atomic E-state index is -1.51. The summed E-state index contributed by atoms with van der Waals surface area (Å²) in [5, 5.41) is 5.75. The van der Waals surface area contributed by atoms with Crippen LogP contribution in [0.4, 0.5) is 5.69 Å². The van der Waals surface area contributed by atoms with Gasteiger partial charge in [-0.1, -0.05) is 107 Å². The molecule has 290 valence electrons. The molecule has 5 aromatic rings. The number of benzene rings is 5. The molecule has 1 saturated carbocycles. The molecule has 4 aliphatic rings. The minimum Gasteiger partial charge on any atom is -0.380 e. The van der Waals surface area contributed by atoms with Gasteiger partial charge in [-0.3, -0.25) is 14.5 Å². The van der Waals surface area contributed by atoms with E-state index in [2.05, 4.69) is 90.0 Å². The van der Waals surface area contributed by atoms with Crippen molar-refractivity contribution in [2.75, 3.05) is 38.1 Å². The second kappa shape index (κ2) is 14.6. The highest BCUT2D eigenvalue weighted by Gasteiger charge is 2.80. The third kappa shape index (κ3) is 5.61. The average molecular weight is 833 g/mol. The Kier molecular flexibility index (Phi) is 9.89. The lowest BCUT2D eigenvalue weighted by atomic mass is 9.47. The number of carbonyl (C=O) groups excluding carboxylic acids is 2. The molecule has 6 atom stereocenters. The number of amides is 1. The highest BCUT2D eigenvalue weighted by molar-refractivity contribution is 7.98. The molecule has 5 aromatic carbocycles. The second-order valence-electron chi connectivity index (χ2n) is 15.8. The van der Waals surface area contributed by atoms with Gasteiger partial charge in [0.25, 0.3) is 5.91 Å². The number of anilines is 1. The highest BCUT2D eigenvalue weighted by atomic mass is 35.5. The van der Waals surface area contributed by atoms with Gasteiger partial charge < -0.3 is 9.74 Å². The van der Waals surface area contributed by atoms with E-state index in [4.69, 9.17) is 33.2 Å². The van der Waals surface area contributed by atoms with Crippen molar-refractivity contribution < 1.29 is 14.4 Å². The maximum atomic E-state index is 17.0. The molecule has 0 radical (unpaired) electrons. The zero-order valence-electron chi connectivity index (χ0n) is 32.2. The Labute approximate surface area is 352 Å². The van der Waals surface area contributed by atoms with E-state index in [1.807, 2.05) is 50.7 Å². The maximum absolute atomic E-state index is 17.0. The third-order valence-corrected chi connectivity index (χ3v) is 15.2. The molecule has 57 heavy (non-hydrogen) atoms. The summed E-state index contributed by atoms with van der Waals surface area (Å²) in [5.41, 5.74) is 1.66. The van der Waals surface area contributed by atoms with E-state index in [1.54, 1.807) is 40.6 Å². The Morgan fingerprint density at radius 2 is 1.37 bits per heavy atom. The third-order valence-electron chi connectivity index (χ3n) is 13.1. The van der Waals surface area contributed by atoms with Crippen LogP contribution in [0, 0.1) is 11.3 Å². The summed E-state index contributed by atoms with van der Waals surface area (Å²) in [6.45, 7) is 0.490. The van der Waals surface area contributed by atoms with Gasteiger partial charge in [0.05, 0.1) is 21.4 Å². The molecule has 1 amide bonds. The fraction of sp³-hybridized carbons (Fsp3) is 0.298. The van der Waals surface area contributed by atoms with Crippen LogP contribution in [0.25, 0.3) is 0 Å². The van der Waals surface area contributed by atoms with Crippen LogP contribution < -0.4 is 4.90 Å². The van der Waals surface area contributed by atoms with Crippen LogP contribution in [0.1, 0.15) is 52.5 Å². The monoisotopic (exact) mass is 831 g/mol. The normalized spacial score (nSPS) is 28.1. The molecule has 0 bridgehead atoms. The predicted octanol–water partition coefficient (Wildman–Crippen LogP) is 10.5. The van der Waals surface area contributed by atoms with Crippen molar-refractivity contribution in [1.29, 1.82) is 0 Å². The Morgan fingerprint density at radius 1 is 0.754 bits per heavy atom. The number of hydrogen-bond donors (Lipinski definition) is 0. The standard InChI is InChI=1S/C47H43Cl2N3O3S2/c1-51-28-36(31-17-21-33(56-3)22-18-31)45(47(51)35-13-8-9-16-39(35)52(2)44(47)54)26-30(25-29-11-6-5-7-12-29)27-46(43(45)53)41(32-19-23-34(57-4)24-20-32)42(50-55-46)40-37(48)14-10-15-38(40)49/h5-24,30,36,41H,25-28H2,1-4H3. The van der Waals surface area contributed by atoms with E-state index in [1.165, 1.54) is 0 Å². The van der Waals surface area contributed by atoms with Crippen LogP contribution in [0.3, 0.4) is 0 Å². The average Bonchev–Trinajstić information content (AvgIpc) is 3.80. The van der Waals surface area contributed by atoms with Gasteiger partial charge in [-0.2, -0.15) is 0 Å². The summed E-state index contributed by atoms with van der Waals surface area (Å²) in [7, 11) is 3.86. The van der Waals surface area contributed by atoms with E-state index in [0.29, 0.717) is 47.1 Å². The first-order valence-electron chi connectivity index (χ1n) is 19.3. The molecule has 10 heteroatoms.